The predicted octanol–water partition coefficient (Wildman–Crippen LogP) is 3.02. The van der Waals surface area contributed by atoms with Crippen LogP contribution in [0.1, 0.15) is 37.0 Å². The van der Waals surface area contributed by atoms with Gasteiger partial charge in [0.05, 0.1) is 11.9 Å². The summed E-state index contributed by atoms with van der Waals surface area (Å²) in [5.74, 6) is -0.562. The molecule has 0 aliphatic carbocycles. The second-order valence-electron chi connectivity index (χ2n) is 5.44. The van der Waals surface area contributed by atoms with Gasteiger partial charge in [0.2, 0.25) is 0 Å². The highest BCUT2D eigenvalue weighted by atomic mass is 32.2. The van der Waals surface area contributed by atoms with E-state index in [4.69, 9.17) is 5.73 Å². The van der Waals surface area contributed by atoms with Crippen LogP contribution in [0.5, 0.6) is 0 Å². The summed E-state index contributed by atoms with van der Waals surface area (Å²) in [6, 6.07) is 9.88. The van der Waals surface area contributed by atoms with Crippen LogP contribution in [-0.2, 0) is 5.41 Å². The van der Waals surface area contributed by atoms with E-state index < -0.39 is 5.91 Å². The molecule has 0 atom stereocenters. The highest BCUT2D eigenvalue weighted by molar-refractivity contribution is 7.99. The van der Waals surface area contributed by atoms with Crippen molar-refractivity contribution in [1.29, 1.82) is 0 Å². The van der Waals surface area contributed by atoms with Gasteiger partial charge in [-0.3, -0.25) is 9.78 Å². The van der Waals surface area contributed by atoms with E-state index in [1.54, 1.807) is 0 Å². The normalized spacial score (nSPS) is 11.3. The zero-order chi connectivity index (χ0) is 14.8. The van der Waals surface area contributed by atoms with Crippen molar-refractivity contribution in [2.24, 2.45) is 5.73 Å². The van der Waals surface area contributed by atoms with Crippen LogP contribution in [0.3, 0.4) is 0 Å². The summed E-state index contributed by atoms with van der Waals surface area (Å²) in [6.45, 7) is 6.20. The molecule has 2 rings (SSSR count). The number of carbonyl (C=O) groups excluding carboxylic acids is 1. The lowest BCUT2D eigenvalue weighted by molar-refractivity contribution is 0.0994. The van der Waals surface area contributed by atoms with Gasteiger partial charge in [0, 0.05) is 10.3 Å². The fourth-order valence-corrected chi connectivity index (χ4v) is 2.79. The van der Waals surface area contributed by atoms with Gasteiger partial charge in [0.15, 0.2) is 0 Å². The second kappa shape index (κ2) is 5.63. The molecule has 2 aromatic rings. The molecular weight excluding hydrogens is 270 g/mol. The molecular formula is C15H17N3OS. The van der Waals surface area contributed by atoms with Gasteiger partial charge < -0.3 is 5.73 Å². The van der Waals surface area contributed by atoms with Gasteiger partial charge in [0.25, 0.3) is 5.91 Å². The van der Waals surface area contributed by atoms with Gasteiger partial charge in [0.1, 0.15) is 10.7 Å². The van der Waals surface area contributed by atoms with Gasteiger partial charge in [-0.15, -0.1) is 0 Å². The standard InChI is InChI=1S/C15H17N3OS/c1-15(2,3)12-14(18-11(9-17-12)13(16)19)20-10-7-5-4-6-8-10/h4-9H,1-3H3,(H2,16,19). The first-order valence-electron chi connectivity index (χ1n) is 6.28. The lowest BCUT2D eigenvalue weighted by atomic mass is 9.92. The van der Waals surface area contributed by atoms with E-state index in [1.807, 2.05) is 30.3 Å². The quantitative estimate of drug-likeness (QED) is 0.942. The summed E-state index contributed by atoms with van der Waals surface area (Å²) >= 11 is 1.49. The Morgan fingerprint density at radius 2 is 1.85 bits per heavy atom. The molecule has 1 aromatic heterocycles. The largest absolute Gasteiger partial charge is 0.364 e. The molecule has 0 saturated heterocycles. The number of carbonyl (C=O) groups is 1. The minimum absolute atomic E-state index is 0.152. The van der Waals surface area contributed by atoms with Gasteiger partial charge in [-0.05, 0) is 12.1 Å². The number of nitrogens with two attached hydrogens (primary N) is 1. The summed E-state index contributed by atoms with van der Waals surface area (Å²) < 4.78 is 0. The number of primary amides is 1. The van der Waals surface area contributed by atoms with E-state index >= 15 is 0 Å². The molecule has 2 N–H and O–H groups in total. The average molecular weight is 287 g/mol. The van der Waals surface area contributed by atoms with Crippen LogP contribution < -0.4 is 5.73 Å². The molecule has 0 saturated carbocycles. The number of rotatable bonds is 3. The van der Waals surface area contributed by atoms with Crippen molar-refractivity contribution in [2.75, 3.05) is 0 Å². The molecule has 0 aliphatic rings. The minimum atomic E-state index is -0.562. The molecule has 0 fully saturated rings. The Kier molecular flexibility index (Phi) is 4.09. The summed E-state index contributed by atoms with van der Waals surface area (Å²) in [7, 11) is 0. The first-order chi connectivity index (χ1) is 9.38. The summed E-state index contributed by atoms with van der Waals surface area (Å²) in [4.78, 5) is 21.1. The number of amides is 1. The molecule has 1 amide bonds. The van der Waals surface area contributed by atoms with E-state index in [0.717, 1.165) is 15.6 Å². The maximum Gasteiger partial charge on any atom is 0.268 e. The topological polar surface area (TPSA) is 68.9 Å². The van der Waals surface area contributed by atoms with Crippen molar-refractivity contribution in [3.8, 4) is 0 Å². The Morgan fingerprint density at radius 1 is 1.20 bits per heavy atom. The minimum Gasteiger partial charge on any atom is -0.364 e. The third-order valence-electron chi connectivity index (χ3n) is 2.66. The van der Waals surface area contributed by atoms with E-state index in [0.29, 0.717) is 0 Å². The Morgan fingerprint density at radius 3 is 2.40 bits per heavy atom. The number of hydrogen-bond acceptors (Lipinski definition) is 4. The Hall–Kier alpha value is -1.88. The highest BCUT2D eigenvalue weighted by Gasteiger charge is 2.22. The van der Waals surface area contributed by atoms with Crippen LogP contribution in [0.4, 0.5) is 0 Å². The van der Waals surface area contributed by atoms with Crippen LogP contribution in [0, 0.1) is 0 Å². The number of hydrogen-bond donors (Lipinski definition) is 1. The maximum absolute atomic E-state index is 11.3. The average Bonchev–Trinajstić information content (AvgIpc) is 2.38. The van der Waals surface area contributed by atoms with E-state index in [9.17, 15) is 4.79 Å². The molecule has 1 heterocycles. The number of benzene rings is 1. The van der Waals surface area contributed by atoms with Gasteiger partial charge in [-0.2, -0.15) is 0 Å². The van der Waals surface area contributed by atoms with Crippen LogP contribution in [0.15, 0.2) is 46.5 Å². The Balaban J connectivity index is 2.47. The van der Waals surface area contributed by atoms with Crippen LogP contribution in [-0.4, -0.2) is 15.9 Å². The molecule has 4 nitrogen and oxygen atoms in total. The lowest BCUT2D eigenvalue weighted by Crippen LogP contribution is -2.20. The lowest BCUT2D eigenvalue weighted by Gasteiger charge is -2.20. The number of nitrogens with zero attached hydrogens (tertiary/aromatic N) is 2. The van der Waals surface area contributed by atoms with E-state index in [2.05, 4.69) is 30.7 Å². The first kappa shape index (κ1) is 14.5. The fraction of sp³-hybridized carbons (Fsp3) is 0.267. The summed E-state index contributed by atoms with van der Waals surface area (Å²) in [5, 5.41) is 0.722. The van der Waals surface area contributed by atoms with Crippen LogP contribution in [0.2, 0.25) is 0 Å². The molecule has 20 heavy (non-hydrogen) atoms. The van der Waals surface area contributed by atoms with E-state index in [1.165, 1.54) is 18.0 Å². The SMILES string of the molecule is CC(C)(C)c1ncc(C(N)=O)nc1Sc1ccccc1. The van der Waals surface area contributed by atoms with Gasteiger partial charge in [-0.1, -0.05) is 50.7 Å². The molecule has 0 aliphatic heterocycles. The zero-order valence-corrected chi connectivity index (χ0v) is 12.6. The molecule has 0 bridgehead atoms. The number of aromatic nitrogens is 2. The first-order valence-corrected chi connectivity index (χ1v) is 7.10. The van der Waals surface area contributed by atoms with Crippen LogP contribution >= 0.6 is 11.8 Å². The molecule has 104 valence electrons. The smallest absolute Gasteiger partial charge is 0.268 e. The third-order valence-corrected chi connectivity index (χ3v) is 3.65. The molecule has 0 radical (unpaired) electrons. The van der Waals surface area contributed by atoms with Crippen molar-refractivity contribution in [2.45, 2.75) is 36.1 Å². The Labute approximate surface area is 122 Å². The third kappa shape index (κ3) is 3.36. The fourth-order valence-electron chi connectivity index (χ4n) is 1.68. The van der Waals surface area contributed by atoms with Crippen LogP contribution in [0.25, 0.3) is 0 Å². The van der Waals surface area contributed by atoms with Crippen molar-refractivity contribution >= 4 is 17.7 Å². The zero-order valence-electron chi connectivity index (χ0n) is 11.8. The van der Waals surface area contributed by atoms with Crippen molar-refractivity contribution in [3.63, 3.8) is 0 Å². The summed E-state index contributed by atoms with van der Waals surface area (Å²) in [6.07, 6.45) is 1.44. The van der Waals surface area contributed by atoms with Gasteiger partial charge >= 0.3 is 0 Å². The molecule has 1 aromatic carbocycles. The molecule has 0 spiro atoms. The van der Waals surface area contributed by atoms with Gasteiger partial charge in [-0.25, -0.2) is 4.98 Å². The maximum atomic E-state index is 11.3. The Bertz CT molecular complexity index is 621. The summed E-state index contributed by atoms with van der Waals surface area (Å²) in [5.41, 5.74) is 6.18. The monoisotopic (exact) mass is 287 g/mol. The molecule has 0 unspecified atom stereocenters. The predicted molar refractivity (Wildman–Crippen MR) is 79.8 cm³/mol. The second-order valence-corrected chi connectivity index (χ2v) is 6.50. The highest BCUT2D eigenvalue weighted by Crippen LogP contribution is 2.33. The van der Waals surface area contributed by atoms with E-state index in [-0.39, 0.29) is 11.1 Å². The molecule has 5 heteroatoms. The van der Waals surface area contributed by atoms with Crippen molar-refractivity contribution < 1.29 is 4.79 Å². The van der Waals surface area contributed by atoms with Crippen molar-refractivity contribution in [3.05, 3.63) is 47.9 Å². The van der Waals surface area contributed by atoms with Crippen molar-refractivity contribution in [1.82, 2.24) is 9.97 Å².